The van der Waals surface area contributed by atoms with Crippen LogP contribution in [0.15, 0.2) is 12.1 Å². The Morgan fingerprint density at radius 2 is 1.82 bits per heavy atom. The first-order valence-corrected chi connectivity index (χ1v) is 9.71. The Morgan fingerprint density at radius 1 is 1.35 bits per heavy atom. The first-order valence-electron chi connectivity index (χ1n) is 5.31. The molecule has 2 nitrogen and oxygen atoms in total. The lowest BCUT2D eigenvalue weighted by Gasteiger charge is -2.14. The maximum atomic E-state index is 11.9. The number of carbonyl (C=O) groups excluding carboxylic acids is 1. The first-order chi connectivity index (χ1) is 7.69. The number of benzene rings is 1. The molecule has 1 amide bonds. The Bertz CT molecular complexity index is 420. The Balaban J connectivity index is 2.86. The second-order valence-electron chi connectivity index (χ2n) is 4.74. The van der Waals surface area contributed by atoms with Crippen LogP contribution in [0.25, 0.3) is 0 Å². The van der Waals surface area contributed by atoms with E-state index in [9.17, 15) is 4.79 Å². The lowest BCUT2D eigenvalue weighted by Crippen LogP contribution is -2.18. The molecule has 5 heteroatoms. The molecule has 17 heavy (non-hydrogen) atoms. The van der Waals surface area contributed by atoms with Crippen molar-refractivity contribution in [3.05, 3.63) is 28.3 Å². The Labute approximate surface area is 114 Å². The van der Waals surface area contributed by atoms with Gasteiger partial charge in [0.05, 0.1) is 19.8 Å². The van der Waals surface area contributed by atoms with E-state index in [0.717, 1.165) is 16.8 Å². The topological polar surface area (TPSA) is 29.1 Å². The van der Waals surface area contributed by atoms with E-state index in [2.05, 4.69) is 17.6 Å². The third kappa shape index (κ3) is 4.87. The molecule has 0 unspecified atom stereocenters. The number of hydrogen-bond acceptors (Lipinski definition) is 2. The zero-order valence-electron chi connectivity index (χ0n) is 10.5. The summed E-state index contributed by atoms with van der Waals surface area (Å²) in [5.41, 5.74) is 2.83. The van der Waals surface area contributed by atoms with E-state index in [1.54, 1.807) is 0 Å². The van der Waals surface area contributed by atoms with E-state index in [1.165, 1.54) is 0 Å². The summed E-state index contributed by atoms with van der Waals surface area (Å²) in [5.74, 6) is 0.0202. The highest BCUT2D eigenvalue weighted by molar-refractivity contribution is 8.52. The van der Waals surface area contributed by atoms with E-state index < -0.39 is 6.46 Å². The van der Waals surface area contributed by atoms with Gasteiger partial charge < -0.3 is 5.32 Å². The zero-order chi connectivity index (χ0) is 13.2. The molecule has 0 heterocycles. The molecular formula is C12H18ClNOPS+. The molecule has 0 spiro atoms. The van der Waals surface area contributed by atoms with Gasteiger partial charge in [0.1, 0.15) is 6.16 Å². The van der Waals surface area contributed by atoms with Crippen LogP contribution in [0, 0.1) is 13.8 Å². The molecular weight excluding hydrogens is 273 g/mol. The number of thiol groups is 1. The van der Waals surface area contributed by atoms with Crippen molar-refractivity contribution in [3.63, 3.8) is 0 Å². The fourth-order valence-corrected chi connectivity index (χ4v) is 3.13. The molecule has 0 saturated carbocycles. The van der Waals surface area contributed by atoms with Crippen molar-refractivity contribution in [2.75, 3.05) is 24.8 Å². The average Bonchev–Trinajstić information content (AvgIpc) is 2.08. The summed E-state index contributed by atoms with van der Waals surface area (Å²) in [6.45, 7) is 6.54. The first kappa shape index (κ1) is 14.8. The lowest BCUT2D eigenvalue weighted by atomic mass is 10.1. The van der Waals surface area contributed by atoms with E-state index in [0.29, 0.717) is 11.2 Å². The number of rotatable bonds is 3. The molecule has 0 saturated heterocycles. The van der Waals surface area contributed by atoms with E-state index in [4.69, 9.17) is 11.6 Å². The number of halogens is 1. The van der Waals surface area contributed by atoms with E-state index in [-0.39, 0.29) is 5.91 Å². The van der Waals surface area contributed by atoms with Crippen molar-refractivity contribution in [1.29, 1.82) is 0 Å². The van der Waals surface area contributed by atoms with Crippen LogP contribution in [0.4, 0.5) is 5.69 Å². The highest BCUT2D eigenvalue weighted by atomic mass is 35.5. The van der Waals surface area contributed by atoms with Gasteiger partial charge in [-0.1, -0.05) is 11.6 Å². The molecule has 1 aromatic rings. The Hall–Kier alpha value is -0.240. The summed E-state index contributed by atoms with van der Waals surface area (Å²) in [5, 5.41) is 3.64. The normalized spacial score (nSPS) is 11.4. The molecule has 0 aromatic heterocycles. The van der Waals surface area contributed by atoms with Crippen LogP contribution in [0.2, 0.25) is 5.02 Å². The number of nitrogens with one attached hydrogen (secondary N) is 1. The molecule has 0 radical (unpaired) electrons. The predicted octanol–water partition coefficient (Wildman–Crippen LogP) is 4.02. The molecule has 0 aliphatic carbocycles. The second-order valence-corrected chi connectivity index (χ2v) is 12.0. The van der Waals surface area contributed by atoms with Gasteiger partial charge in [-0.15, -0.1) is 0 Å². The second kappa shape index (κ2) is 5.60. The van der Waals surface area contributed by atoms with Crippen LogP contribution in [-0.2, 0) is 4.79 Å². The minimum absolute atomic E-state index is 0.0202. The van der Waals surface area contributed by atoms with Crippen molar-refractivity contribution in [2.45, 2.75) is 13.8 Å². The molecule has 1 aromatic carbocycles. The summed E-state index contributed by atoms with van der Waals surface area (Å²) in [6.07, 6.45) is 0.484. The Morgan fingerprint density at radius 3 is 2.24 bits per heavy atom. The van der Waals surface area contributed by atoms with Crippen LogP contribution in [0.3, 0.4) is 0 Å². The summed E-state index contributed by atoms with van der Waals surface area (Å²) >= 11 is 10.4. The van der Waals surface area contributed by atoms with Gasteiger partial charge in [-0.25, -0.2) is 0 Å². The fraction of sp³-hybridized carbons (Fsp3) is 0.417. The summed E-state index contributed by atoms with van der Waals surface area (Å²) in [7, 11) is 0. The highest BCUT2D eigenvalue weighted by Crippen LogP contribution is 2.55. The maximum absolute atomic E-state index is 11.9. The molecule has 1 N–H and O–H groups in total. The van der Waals surface area contributed by atoms with Crippen molar-refractivity contribution < 1.29 is 4.79 Å². The number of anilines is 1. The number of amides is 1. The molecule has 0 fully saturated rings. The SMILES string of the molecule is Cc1cc(Cl)cc(C)c1NC(=O)C[P+](C)(C)S. The van der Waals surface area contributed by atoms with Gasteiger partial charge in [0, 0.05) is 23.0 Å². The number of hydrogen-bond donors (Lipinski definition) is 2. The van der Waals surface area contributed by atoms with Crippen LogP contribution in [-0.4, -0.2) is 25.4 Å². The largest absolute Gasteiger partial charge is 0.322 e. The van der Waals surface area contributed by atoms with Gasteiger partial charge in [0.25, 0.3) is 5.91 Å². The van der Waals surface area contributed by atoms with E-state index in [1.807, 2.05) is 39.3 Å². The maximum Gasteiger partial charge on any atom is 0.262 e. The molecule has 0 aliphatic rings. The highest BCUT2D eigenvalue weighted by Gasteiger charge is 2.24. The summed E-state index contributed by atoms with van der Waals surface area (Å²) < 4.78 is 0. The number of carbonyl (C=O) groups is 1. The monoisotopic (exact) mass is 290 g/mol. The van der Waals surface area contributed by atoms with Crippen LogP contribution >= 0.6 is 30.3 Å². The smallest absolute Gasteiger partial charge is 0.262 e. The van der Waals surface area contributed by atoms with Gasteiger partial charge in [-0.05, 0) is 37.1 Å². The predicted molar refractivity (Wildman–Crippen MR) is 82.2 cm³/mol. The quantitative estimate of drug-likeness (QED) is 0.639. The zero-order valence-corrected chi connectivity index (χ0v) is 13.1. The van der Waals surface area contributed by atoms with Gasteiger partial charge in [0.15, 0.2) is 0 Å². The summed E-state index contributed by atoms with van der Waals surface area (Å²) in [4.78, 5) is 11.9. The van der Waals surface area contributed by atoms with Crippen LogP contribution in [0.5, 0.6) is 0 Å². The van der Waals surface area contributed by atoms with Crippen LogP contribution < -0.4 is 5.32 Å². The van der Waals surface area contributed by atoms with E-state index >= 15 is 0 Å². The average molecular weight is 291 g/mol. The van der Waals surface area contributed by atoms with Crippen molar-refractivity contribution in [3.8, 4) is 0 Å². The van der Waals surface area contributed by atoms with Gasteiger partial charge in [-0.3, -0.25) is 4.79 Å². The third-order valence-electron chi connectivity index (χ3n) is 2.29. The van der Waals surface area contributed by atoms with Gasteiger partial charge >= 0.3 is 0 Å². The third-order valence-corrected chi connectivity index (χ3v) is 4.00. The van der Waals surface area contributed by atoms with Crippen molar-refractivity contribution in [2.24, 2.45) is 0 Å². The van der Waals surface area contributed by atoms with Crippen LogP contribution in [0.1, 0.15) is 11.1 Å². The molecule has 0 bridgehead atoms. The minimum atomic E-state index is -1.39. The van der Waals surface area contributed by atoms with Gasteiger partial charge in [-0.2, -0.15) is 0 Å². The molecule has 1 rings (SSSR count). The number of aryl methyl sites for hydroxylation is 2. The Kier molecular flexibility index (Phi) is 4.88. The van der Waals surface area contributed by atoms with Crippen molar-refractivity contribution >= 4 is 41.9 Å². The molecule has 0 atom stereocenters. The van der Waals surface area contributed by atoms with Gasteiger partial charge in [0.2, 0.25) is 0 Å². The molecule has 0 aliphatic heterocycles. The standard InChI is InChI=1S/C12H17ClNOPS/c1-8-5-10(13)6-9(2)12(8)14-11(15)7-16(3,4)17/h5-6,17H,7H2,1-4H3/p+1. The summed E-state index contributed by atoms with van der Waals surface area (Å²) in [6, 6.07) is 3.70. The minimum Gasteiger partial charge on any atom is -0.322 e. The van der Waals surface area contributed by atoms with Crippen molar-refractivity contribution in [1.82, 2.24) is 0 Å². The lowest BCUT2D eigenvalue weighted by molar-refractivity contribution is -0.113. The fourth-order valence-electron chi connectivity index (χ4n) is 1.64. The molecule has 94 valence electrons.